The highest BCUT2D eigenvalue weighted by molar-refractivity contribution is 6.31. The third-order valence-corrected chi connectivity index (χ3v) is 4.30. The maximum absolute atomic E-state index is 12.5. The SMILES string of the molecule is COc1cccc(C(NC(=O)CC(CN)OC)c2ccccc2Cl)c1.Cl. The van der Waals surface area contributed by atoms with Gasteiger partial charge in [-0.15, -0.1) is 12.4 Å². The number of nitrogens with two attached hydrogens (primary N) is 1. The van der Waals surface area contributed by atoms with Crippen LogP contribution < -0.4 is 15.8 Å². The topological polar surface area (TPSA) is 73.6 Å². The van der Waals surface area contributed by atoms with Gasteiger partial charge in [0.1, 0.15) is 5.75 Å². The van der Waals surface area contributed by atoms with Gasteiger partial charge >= 0.3 is 0 Å². The van der Waals surface area contributed by atoms with E-state index in [0.717, 1.165) is 11.1 Å². The van der Waals surface area contributed by atoms with Crippen molar-refractivity contribution >= 4 is 29.9 Å². The number of carbonyl (C=O) groups is 1. The summed E-state index contributed by atoms with van der Waals surface area (Å²) in [4.78, 5) is 12.5. The second-order valence-electron chi connectivity index (χ2n) is 5.60. The number of hydrogen-bond acceptors (Lipinski definition) is 4. The molecular formula is C19H24Cl2N2O3. The lowest BCUT2D eigenvalue weighted by Crippen LogP contribution is -2.35. The molecule has 0 heterocycles. The van der Waals surface area contributed by atoms with Crippen LogP contribution in [0.2, 0.25) is 5.02 Å². The van der Waals surface area contributed by atoms with Crippen LogP contribution in [0.1, 0.15) is 23.6 Å². The average Bonchev–Trinajstić information content (AvgIpc) is 2.65. The Hall–Kier alpha value is -1.79. The number of hydrogen-bond donors (Lipinski definition) is 2. The van der Waals surface area contributed by atoms with E-state index in [-0.39, 0.29) is 37.4 Å². The van der Waals surface area contributed by atoms with Crippen LogP contribution in [-0.2, 0) is 9.53 Å². The van der Waals surface area contributed by atoms with E-state index >= 15 is 0 Å². The smallest absolute Gasteiger partial charge is 0.223 e. The first-order valence-electron chi connectivity index (χ1n) is 7.99. The van der Waals surface area contributed by atoms with Crippen LogP contribution in [0.25, 0.3) is 0 Å². The summed E-state index contributed by atoms with van der Waals surface area (Å²) in [5.41, 5.74) is 7.29. The summed E-state index contributed by atoms with van der Waals surface area (Å²) in [6.45, 7) is 0.278. The molecule has 0 fully saturated rings. The van der Waals surface area contributed by atoms with Gasteiger partial charge in [-0.1, -0.05) is 41.9 Å². The lowest BCUT2D eigenvalue weighted by atomic mass is 9.98. The Balaban J connectivity index is 0.00000338. The van der Waals surface area contributed by atoms with Crippen LogP contribution >= 0.6 is 24.0 Å². The Bertz CT molecular complexity index is 709. The third kappa shape index (κ3) is 5.88. The zero-order chi connectivity index (χ0) is 18.2. The maximum Gasteiger partial charge on any atom is 0.223 e. The van der Waals surface area contributed by atoms with Crippen molar-refractivity contribution in [2.45, 2.75) is 18.6 Å². The summed E-state index contributed by atoms with van der Waals surface area (Å²) in [6, 6.07) is 14.6. The van der Waals surface area contributed by atoms with Gasteiger partial charge in [0.05, 0.1) is 25.7 Å². The zero-order valence-electron chi connectivity index (χ0n) is 14.8. The zero-order valence-corrected chi connectivity index (χ0v) is 16.3. The monoisotopic (exact) mass is 398 g/mol. The minimum atomic E-state index is -0.397. The van der Waals surface area contributed by atoms with Crippen LogP contribution in [0.4, 0.5) is 0 Å². The predicted octanol–water partition coefficient (Wildman–Crippen LogP) is 3.34. The Labute approximate surface area is 165 Å². The van der Waals surface area contributed by atoms with Gasteiger partial charge in [0.2, 0.25) is 5.91 Å². The van der Waals surface area contributed by atoms with Crippen molar-refractivity contribution in [3.05, 3.63) is 64.7 Å². The molecule has 1 amide bonds. The number of nitrogens with one attached hydrogen (secondary N) is 1. The normalized spacial score (nSPS) is 12.6. The van der Waals surface area contributed by atoms with Gasteiger partial charge in [0, 0.05) is 18.7 Å². The van der Waals surface area contributed by atoms with Crippen LogP contribution in [0.15, 0.2) is 48.5 Å². The van der Waals surface area contributed by atoms with E-state index in [0.29, 0.717) is 10.8 Å². The summed E-state index contributed by atoms with van der Waals surface area (Å²) >= 11 is 6.36. The van der Waals surface area contributed by atoms with Crippen LogP contribution in [0.5, 0.6) is 5.75 Å². The molecule has 2 aromatic rings. The summed E-state index contributed by atoms with van der Waals surface area (Å²) in [6.07, 6.45) is -0.144. The summed E-state index contributed by atoms with van der Waals surface area (Å²) in [5, 5.41) is 3.61. The van der Waals surface area contributed by atoms with Crippen molar-refractivity contribution < 1.29 is 14.3 Å². The van der Waals surface area contributed by atoms with Gasteiger partial charge in [-0.05, 0) is 29.3 Å². The van der Waals surface area contributed by atoms with Crippen molar-refractivity contribution in [2.24, 2.45) is 5.73 Å². The number of benzene rings is 2. The molecule has 0 saturated heterocycles. The molecule has 2 aromatic carbocycles. The Kier molecular flexibility index (Phi) is 9.44. The van der Waals surface area contributed by atoms with Gasteiger partial charge in [-0.3, -0.25) is 4.79 Å². The molecular weight excluding hydrogens is 375 g/mol. The molecule has 0 saturated carbocycles. The molecule has 142 valence electrons. The molecule has 5 nitrogen and oxygen atoms in total. The molecule has 7 heteroatoms. The maximum atomic E-state index is 12.5. The van der Waals surface area contributed by atoms with Gasteiger partial charge in [-0.25, -0.2) is 0 Å². The lowest BCUT2D eigenvalue weighted by molar-refractivity contribution is -0.123. The molecule has 0 spiro atoms. The molecule has 0 aliphatic rings. The van der Waals surface area contributed by atoms with E-state index in [1.165, 1.54) is 0 Å². The minimum Gasteiger partial charge on any atom is -0.497 e. The molecule has 0 bridgehead atoms. The van der Waals surface area contributed by atoms with Crippen LogP contribution in [0, 0.1) is 0 Å². The lowest BCUT2D eigenvalue weighted by Gasteiger charge is -2.22. The highest BCUT2D eigenvalue weighted by Gasteiger charge is 2.21. The number of methoxy groups -OCH3 is 2. The van der Waals surface area contributed by atoms with Crippen molar-refractivity contribution in [3.63, 3.8) is 0 Å². The van der Waals surface area contributed by atoms with E-state index in [4.69, 9.17) is 26.8 Å². The third-order valence-electron chi connectivity index (χ3n) is 3.96. The van der Waals surface area contributed by atoms with E-state index in [1.54, 1.807) is 20.3 Å². The van der Waals surface area contributed by atoms with Crippen molar-refractivity contribution in [1.29, 1.82) is 0 Å². The molecule has 2 unspecified atom stereocenters. The molecule has 0 radical (unpaired) electrons. The van der Waals surface area contributed by atoms with Crippen molar-refractivity contribution in [1.82, 2.24) is 5.32 Å². The van der Waals surface area contributed by atoms with E-state index in [1.807, 2.05) is 42.5 Å². The van der Waals surface area contributed by atoms with Gasteiger partial charge in [0.15, 0.2) is 0 Å². The second kappa shape index (κ2) is 11.0. The first-order chi connectivity index (χ1) is 12.1. The van der Waals surface area contributed by atoms with Gasteiger partial charge < -0.3 is 20.5 Å². The highest BCUT2D eigenvalue weighted by Crippen LogP contribution is 2.30. The highest BCUT2D eigenvalue weighted by atomic mass is 35.5. The summed E-state index contributed by atoms with van der Waals surface area (Å²) < 4.78 is 10.5. The molecule has 0 aromatic heterocycles. The molecule has 2 atom stereocenters. The molecule has 3 N–H and O–H groups in total. The second-order valence-corrected chi connectivity index (χ2v) is 6.00. The first kappa shape index (κ1) is 22.3. The Morgan fingerprint density at radius 3 is 2.54 bits per heavy atom. The van der Waals surface area contributed by atoms with Crippen molar-refractivity contribution in [3.8, 4) is 5.75 Å². The van der Waals surface area contributed by atoms with Crippen LogP contribution in [-0.4, -0.2) is 32.8 Å². The number of ether oxygens (including phenoxy) is 2. The molecule has 0 aliphatic carbocycles. The molecule has 26 heavy (non-hydrogen) atoms. The fraction of sp³-hybridized carbons (Fsp3) is 0.316. The van der Waals surface area contributed by atoms with Gasteiger partial charge in [-0.2, -0.15) is 0 Å². The van der Waals surface area contributed by atoms with E-state index < -0.39 is 6.04 Å². The van der Waals surface area contributed by atoms with Crippen molar-refractivity contribution in [2.75, 3.05) is 20.8 Å². The number of carbonyl (C=O) groups excluding carboxylic acids is 1. The average molecular weight is 399 g/mol. The summed E-state index contributed by atoms with van der Waals surface area (Å²) in [5.74, 6) is 0.547. The molecule has 0 aliphatic heterocycles. The number of halogens is 2. The summed E-state index contributed by atoms with van der Waals surface area (Å²) in [7, 11) is 3.14. The van der Waals surface area contributed by atoms with E-state index in [9.17, 15) is 4.79 Å². The van der Waals surface area contributed by atoms with E-state index in [2.05, 4.69) is 5.32 Å². The minimum absolute atomic E-state index is 0. The largest absolute Gasteiger partial charge is 0.497 e. The number of rotatable bonds is 8. The quantitative estimate of drug-likeness (QED) is 0.714. The Morgan fingerprint density at radius 1 is 1.19 bits per heavy atom. The fourth-order valence-corrected chi connectivity index (χ4v) is 2.81. The number of amides is 1. The first-order valence-corrected chi connectivity index (χ1v) is 8.37. The molecule has 2 rings (SSSR count). The predicted molar refractivity (Wildman–Crippen MR) is 106 cm³/mol. The fourth-order valence-electron chi connectivity index (χ4n) is 2.56. The van der Waals surface area contributed by atoms with Gasteiger partial charge in [0.25, 0.3) is 0 Å². The standard InChI is InChI=1S/C19H23ClN2O3.ClH/c1-24-14-7-5-6-13(10-14)19(16-8-3-4-9-17(16)20)22-18(23)11-15(12-21)25-2;/h3-10,15,19H,11-12,21H2,1-2H3,(H,22,23);1H. The van der Waals surface area contributed by atoms with Crippen LogP contribution in [0.3, 0.4) is 0 Å². The Morgan fingerprint density at radius 2 is 1.92 bits per heavy atom.